The fraction of sp³-hybridized carbons (Fsp3) is 0.333. The van der Waals surface area contributed by atoms with Crippen molar-refractivity contribution in [1.29, 1.82) is 0 Å². The number of anilines is 1. The molecule has 2 aliphatic rings. The lowest BCUT2D eigenvalue weighted by Gasteiger charge is -2.34. The van der Waals surface area contributed by atoms with Crippen LogP contribution in [0.1, 0.15) is 28.8 Å². The van der Waals surface area contributed by atoms with Crippen molar-refractivity contribution in [3.05, 3.63) is 71.8 Å². The first-order valence-electron chi connectivity index (χ1n) is 10.6. The van der Waals surface area contributed by atoms with Crippen LogP contribution in [0.15, 0.2) is 60.7 Å². The maximum atomic E-state index is 12.9. The summed E-state index contributed by atoms with van der Waals surface area (Å²) >= 11 is 0. The Labute approximate surface area is 177 Å². The smallest absolute Gasteiger partial charge is 0.319 e. The van der Waals surface area contributed by atoms with Crippen molar-refractivity contribution in [1.82, 2.24) is 15.1 Å². The number of carbonyl (C=O) groups is 2. The van der Waals surface area contributed by atoms with Gasteiger partial charge in [-0.2, -0.15) is 0 Å². The molecule has 2 fully saturated rings. The molecule has 1 heterocycles. The Morgan fingerprint density at radius 3 is 2.47 bits per heavy atom. The van der Waals surface area contributed by atoms with Crippen LogP contribution in [0, 0.1) is 0 Å². The molecule has 2 aromatic carbocycles. The van der Waals surface area contributed by atoms with Gasteiger partial charge in [0, 0.05) is 50.0 Å². The molecule has 1 saturated carbocycles. The lowest BCUT2D eigenvalue weighted by atomic mass is 10.1. The van der Waals surface area contributed by atoms with Gasteiger partial charge in [-0.3, -0.25) is 9.69 Å². The molecule has 6 heteroatoms. The van der Waals surface area contributed by atoms with Gasteiger partial charge in [0.05, 0.1) is 0 Å². The van der Waals surface area contributed by atoms with Crippen LogP contribution in [-0.2, 0) is 0 Å². The molecule has 0 radical (unpaired) electrons. The van der Waals surface area contributed by atoms with Crippen LogP contribution in [0.2, 0.25) is 0 Å². The summed E-state index contributed by atoms with van der Waals surface area (Å²) in [5.74, 6) is 0.0146. The van der Waals surface area contributed by atoms with E-state index in [-0.39, 0.29) is 11.9 Å². The Kier molecular flexibility index (Phi) is 6.44. The number of urea groups is 1. The molecular weight excluding hydrogens is 376 g/mol. The minimum Gasteiger partial charge on any atom is -0.336 e. The van der Waals surface area contributed by atoms with E-state index in [1.165, 1.54) is 5.56 Å². The first-order chi connectivity index (χ1) is 14.7. The van der Waals surface area contributed by atoms with E-state index in [0.717, 1.165) is 32.5 Å². The topological polar surface area (TPSA) is 64.7 Å². The number of piperazine rings is 1. The molecule has 6 nitrogen and oxygen atoms in total. The third-order valence-corrected chi connectivity index (χ3v) is 5.41. The van der Waals surface area contributed by atoms with Gasteiger partial charge in [0.25, 0.3) is 5.91 Å². The summed E-state index contributed by atoms with van der Waals surface area (Å²) in [6.07, 6.45) is 6.39. The molecule has 0 aromatic heterocycles. The molecule has 0 bridgehead atoms. The van der Waals surface area contributed by atoms with E-state index in [1.54, 1.807) is 18.2 Å². The van der Waals surface area contributed by atoms with Crippen LogP contribution in [0.4, 0.5) is 10.5 Å². The zero-order valence-corrected chi connectivity index (χ0v) is 17.1. The fourth-order valence-corrected chi connectivity index (χ4v) is 3.53. The zero-order chi connectivity index (χ0) is 20.8. The normalized spacial score (nSPS) is 17.1. The molecule has 0 spiro atoms. The van der Waals surface area contributed by atoms with Gasteiger partial charge in [-0.15, -0.1) is 0 Å². The molecule has 2 aromatic rings. The minimum atomic E-state index is -0.209. The number of carbonyl (C=O) groups excluding carboxylic acids is 2. The molecule has 3 amide bonds. The summed E-state index contributed by atoms with van der Waals surface area (Å²) in [6, 6.07) is 17.5. The van der Waals surface area contributed by atoms with Crippen molar-refractivity contribution in [2.75, 3.05) is 38.0 Å². The van der Waals surface area contributed by atoms with E-state index < -0.39 is 0 Å². The van der Waals surface area contributed by atoms with Crippen molar-refractivity contribution in [2.24, 2.45) is 0 Å². The molecule has 0 unspecified atom stereocenters. The highest BCUT2D eigenvalue weighted by atomic mass is 16.2. The second kappa shape index (κ2) is 9.59. The predicted octanol–water partition coefficient (Wildman–Crippen LogP) is 3.44. The average molecular weight is 405 g/mol. The largest absolute Gasteiger partial charge is 0.336 e. The van der Waals surface area contributed by atoms with E-state index in [2.05, 4.69) is 39.8 Å². The second-order valence-electron chi connectivity index (χ2n) is 7.86. The molecule has 0 atom stereocenters. The predicted molar refractivity (Wildman–Crippen MR) is 119 cm³/mol. The molecule has 156 valence electrons. The van der Waals surface area contributed by atoms with Gasteiger partial charge >= 0.3 is 6.03 Å². The summed E-state index contributed by atoms with van der Waals surface area (Å²) in [5.41, 5.74) is 2.45. The number of amides is 3. The highest BCUT2D eigenvalue weighted by Gasteiger charge is 2.24. The number of nitrogens with one attached hydrogen (secondary N) is 2. The van der Waals surface area contributed by atoms with Crippen molar-refractivity contribution in [3.63, 3.8) is 0 Å². The molecule has 1 aliphatic carbocycles. The number of rotatable bonds is 6. The lowest BCUT2D eigenvalue weighted by molar-refractivity contribution is 0.0650. The van der Waals surface area contributed by atoms with Gasteiger partial charge in [-0.1, -0.05) is 48.6 Å². The van der Waals surface area contributed by atoms with E-state index >= 15 is 0 Å². The van der Waals surface area contributed by atoms with Crippen molar-refractivity contribution >= 4 is 23.7 Å². The zero-order valence-electron chi connectivity index (χ0n) is 17.1. The van der Waals surface area contributed by atoms with E-state index in [4.69, 9.17) is 0 Å². The van der Waals surface area contributed by atoms with E-state index in [9.17, 15) is 9.59 Å². The second-order valence-corrected chi connectivity index (χ2v) is 7.86. The Balaban J connectivity index is 1.26. The number of nitrogens with zero attached hydrogens (tertiary/aromatic N) is 2. The van der Waals surface area contributed by atoms with Gasteiger partial charge in [-0.05, 0) is 36.6 Å². The Bertz CT molecular complexity index is 900. The average Bonchev–Trinajstić information content (AvgIpc) is 3.58. The molecule has 4 rings (SSSR count). The molecule has 2 N–H and O–H groups in total. The lowest BCUT2D eigenvalue weighted by Crippen LogP contribution is -2.48. The molecule has 1 aliphatic heterocycles. The monoisotopic (exact) mass is 404 g/mol. The van der Waals surface area contributed by atoms with Crippen LogP contribution >= 0.6 is 0 Å². The molecule has 30 heavy (non-hydrogen) atoms. The number of benzene rings is 2. The van der Waals surface area contributed by atoms with Crippen molar-refractivity contribution < 1.29 is 9.59 Å². The van der Waals surface area contributed by atoms with Crippen molar-refractivity contribution in [2.45, 2.75) is 18.9 Å². The van der Waals surface area contributed by atoms with Gasteiger partial charge < -0.3 is 15.5 Å². The van der Waals surface area contributed by atoms with Crippen LogP contribution in [0.25, 0.3) is 6.08 Å². The maximum absolute atomic E-state index is 12.9. The Morgan fingerprint density at radius 2 is 1.73 bits per heavy atom. The van der Waals surface area contributed by atoms with Crippen LogP contribution in [0.3, 0.4) is 0 Å². The highest BCUT2D eigenvalue weighted by molar-refractivity contribution is 5.97. The summed E-state index contributed by atoms with van der Waals surface area (Å²) in [5, 5.41) is 5.71. The minimum absolute atomic E-state index is 0.0146. The third kappa shape index (κ3) is 5.70. The van der Waals surface area contributed by atoms with E-state index in [1.807, 2.05) is 29.2 Å². The molecule has 1 saturated heterocycles. The van der Waals surface area contributed by atoms with Crippen LogP contribution < -0.4 is 10.6 Å². The number of hydrogen-bond acceptors (Lipinski definition) is 3. The van der Waals surface area contributed by atoms with Gasteiger partial charge in [-0.25, -0.2) is 4.79 Å². The number of hydrogen-bond donors (Lipinski definition) is 2. The first-order valence-corrected chi connectivity index (χ1v) is 10.6. The SMILES string of the molecule is O=C(Nc1cccc(C(=O)N2CCN(C/C=C/c3ccccc3)CC2)c1)NC1CC1. The van der Waals surface area contributed by atoms with Gasteiger partial charge in [0.2, 0.25) is 0 Å². The summed E-state index contributed by atoms with van der Waals surface area (Å²) in [4.78, 5) is 29.1. The van der Waals surface area contributed by atoms with E-state index in [0.29, 0.717) is 30.4 Å². The highest BCUT2D eigenvalue weighted by Crippen LogP contribution is 2.19. The Hall–Kier alpha value is -3.12. The summed E-state index contributed by atoms with van der Waals surface area (Å²) in [6.45, 7) is 4.00. The quantitative estimate of drug-likeness (QED) is 0.775. The molecular formula is C24H28N4O2. The van der Waals surface area contributed by atoms with Gasteiger partial charge in [0.1, 0.15) is 0 Å². The van der Waals surface area contributed by atoms with Gasteiger partial charge in [0.15, 0.2) is 0 Å². The third-order valence-electron chi connectivity index (χ3n) is 5.41. The van der Waals surface area contributed by atoms with Crippen LogP contribution in [-0.4, -0.2) is 60.5 Å². The van der Waals surface area contributed by atoms with Crippen molar-refractivity contribution in [3.8, 4) is 0 Å². The Morgan fingerprint density at radius 1 is 0.967 bits per heavy atom. The maximum Gasteiger partial charge on any atom is 0.319 e. The first kappa shape index (κ1) is 20.2. The fourth-order valence-electron chi connectivity index (χ4n) is 3.53. The van der Waals surface area contributed by atoms with Crippen LogP contribution in [0.5, 0.6) is 0 Å². The summed E-state index contributed by atoms with van der Waals surface area (Å²) in [7, 11) is 0. The summed E-state index contributed by atoms with van der Waals surface area (Å²) < 4.78 is 0. The standard InChI is InChI=1S/C24H28N4O2/c29-23(20-9-4-10-22(18-20)26-24(30)25-21-11-12-21)28-16-14-27(15-17-28)13-5-8-19-6-2-1-3-7-19/h1-10,18,21H,11-17H2,(H2,25,26,30)/b8-5+.